The predicted octanol–water partition coefficient (Wildman–Crippen LogP) is 4.47. The Balaban J connectivity index is 1.58. The number of hydrogen-bond donors (Lipinski definition) is 1. The molecule has 12 heteroatoms. The third-order valence-corrected chi connectivity index (χ3v) is 8.55. The molecule has 0 saturated heterocycles. The van der Waals surface area contributed by atoms with Crippen LogP contribution in [0.3, 0.4) is 0 Å². The number of rotatable bonds is 12. The molecule has 4 aromatic rings. The number of nitrogens with zero attached hydrogens (tertiary/aromatic N) is 3. The molecule has 3 aromatic carbocycles. The third kappa shape index (κ3) is 6.75. The molecule has 1 heterocycles. The van der Waals surface area contributed by atoms with E-state index in [9.17, 15) is 13.2 Å². The molecule has 11 nitrogen and oxygen atoms in total. The van der Waals surface area contributed by atoms with Crippen LogP contribution in [0.4, 0.5) is 5.69 Å². The van der Waals surface area contributed by atoms with Gasteiger partial charge < -0.3 is 23.5 Å². The van der Waals surface area contributed by atoms with E-state index in [1.807, 2.05) is 44.2 Å². The minimum atomic E-state index is -4.22. The number of methoxy groups -OCH3 is 4. The molecule has 226 valence electrons. The standard InChI is InChI=1S/C31H34N4O7S/c1-21-17-23(22(2)35(21)25-9-13-27(40-4)14-10-25)19-32-33-31(36)20-34(24-7-11-26(39-3)12-8-24)43(37,38)28-15-16-29(41-5)30(18-28)42-6/h7-19H,20H2,1-6H3,(H,33,36)/b32-19+. The molecule has 1 aromatic heterocycles. The number of nitrogens with one attached hydrogen (secondary N) is 1. The maximum absolute atomic E-state index is 13.8. The lowest BCUT2D eigenvalue weighted by atomic mass is 10.2. The zero-order valence-corrected chi connectivity index (χ0v) is 25.6. The minimum absolute atomic E-state index is 0.0803. The van der Waals surface area contributed by atoms with Gasteiger partial charge in [0.2, 0.25) is 0 Å². The molecule has 0 unspecified atom stereocenters. The molecule has 0 aliphatic rings. The number of anilines is 1. The number of hydrogen-bond acceptors (Lipinski definition) is 8. The second-order valence-corrected chi connectivity index (χ2v) is 11.2. The maximum atomic E-state index is 13.8. The summed E-state index contributed by atoms with van der Waals surface area (Å²) >= 11 is 0. The monoisotopic (exact) mass is 606 g/mol. The average molecular weight is 607 g/mol. The van der Waals surface area contributed by atoms with Crippen molar-refractivity contribution >= 4 is 27.8 Å². The SMILES string of the molecule is COc1ccc(N(CC(=O)N/N=C/c2cc(C)n(-c3ccc(OC)cc3)c2C)S(=O)(=O)c2ccc(OC)c(OC)c2)cc1. The van der Waals surface area contributed by atoms with Gasteiger partial charge in [-0.15, -0.1) is 0 Å². The van der Waals surface area contributed by atoms with Crippen molar-refractivity contribution < 1.29 is 32.2 Å². The van der Waals surface area contributed by atoms with Crippen LogP contribution in [-0.2, 0) is 14.8 Å². The third-order valence-electron chi connectivity index (χ3n) is 6.78. The van der Waals surface area contributed by atoms with E-state index in [0.29, 0.717) is 11.5 Å². The molecule has 0 fully saturated rings. The lowest BCUT2D eigenvalue weighted by Gasteiger charge is -2.24. The van der Waals surface area contributed by atoms with E-state index in [2.05, 4.69) is 15.1 Å². The lowest BCUT2D eigenvalue weighted by molar-refractivity contribution is -0.119. The van der Waals surface area contributed by atoms with E-state index in [1.54, 1.807) is 31.4 Å². The summed E-state index contributed by atoms with van der Waals surface area (Å²) in [7, 11) is 1.78. The van der Waals surface area contributed by atoms with Crippen LogP contribution >= 0.6 is 0 Å². The Morgan fingerprint density at radius 1 is 0.837 bits per heavy atom. The molecule has 4 rings (SSSR count). The molecule has 43 heavy (non-hydrogen) atoms. The van der Waals surface area contributed by atoms with E-state index in [0.717, 1.165) is 32.7 Å². The van der Waals surface area contributed by atoms with Gasteiger partial charge >= 0.3 is 0 Å². The number of aryl methyl sites for hydroxylation is 1. The summed E-state index contributed by atoms with van der Waals surface area (Å²) in [6.45, 7) is 3.38. The molecule has 0 spiro atoms. The summed E-state index contributed by atoms with van der Waals surface area (Å²) in [5.74, 6) is 1.26. The highest BCUT2D eigenvalue weighted by Gasteiger charge is 2.28. The summed E-state index contributed by atoms with van der Waals surface area (Å²) in [6.07, 6.45) is 1.53. The van der Waals surface area contributed by atoms with Crippen LogP contribution in [0.15, 0.2) is 82.8 Å². The van der Waals surface area contributed by atoms with E-state index < -0.39 is 22.5 Å². The fourth-order valence-corrected chi connectivity index (χ4v) is 5.99. The Morgan fingerprint density at radius 2 is 1.44 bits per heavy atom. The molecule has 0 aliphatic carbocycles. The van der Waals surface area contributed by atoms with Gasteiger partial charge in [0.1, 0.15) is 18.0 Å². The highest BCUT2D eigenvalue weighted by Crippen LogP contribution is 2.32. The van der Waals surface area contributed by atoms with Crippen molar-refractivity contribution in [2.75, 3.05) is 39.3 Å². The molecule has 1 amide bonds. The zero-order chi connectivity index (χ0) is 31.1. The number of carbonyl (C=O) groups excluding carboxylic acids is 1. The average Bonchev–Trinajstić information content (AvgIpc) is 3.31. The molecule has 0 aliphatic heterocycles. The van der Waals surface area contributed by atoms with Crippen molar-refractivity contribution in [3.05, 3.63) is 89.7 Å². The fourth-order valence-electron chi connectivity index (χ4n) is 4.55. The number of ether oxygens (including phenoxy) is 4. The highest BCUT2D eigenvalue weighted by molar-refractivity contribution is 7.92. The Morgan fingerprint density at radius 3 is 2.02 bits per heavy atom. The van der Waals surface area contributed by atoms with Crippen LogP contribution in [0.1, 0.15) is 17.0 Å². The summed E-state index contributed by atoms with van der Waals surface area (Å²) < 4.78 is 51.7. The normalized spacial score (nSPS) is 11.3. The van der Waals surface area contributed by atoms with E-state index in [-0.39, 0.29) is 16.3 Å². The molecule has 1 N–H and O–H groups in total. The first-order chi connectivity index (χ1) is 20.6. The molecule has 0 saturated carbocycles. The van der Waals surface area contributed by atoms with Gasteiger partial charge in [-0.2, -0.15) is 5.10 Å². The minimum Gasteiger partial charge on any atom is -0.497 e. The number of aromatic nitrogens is 1. The van der Waals surface area contributed by atoms with Gasteiger partial charge in [0.15, 0.2) is 11.5 Å². The lowest BCUT2D eigenvalue weighted by Crippen LogP contribution is -2.39. The number of sulfonamides is 1. The van der Waals surface area contributed by atoms with Gasteiger partial charge in [-0.25, -0.2) is 13.8 Å². The largest absolute Gasteiger partial charge is 0.497 e. The predicted molar refractivity (Wildman–Crippen MR) is 165 cm³/mol. The van der Waals surface area contributed by atoms with Crippen LogP contribution in [-0.4, -0.2) is 60.1 Å². The maximum Gasteiger partial charge on any atom is 0.264 e. The number of amides is 1. The summed E-state index contributed by atoms with van der Waals surface area (Å²) in [6, 6.07) is 20.2. The molecule has 0 atom stereocenters. The highest BCUT2D eigenvalue weighted by atomic mass is 32.2. The molecular weight excluding hydrogens is 572 g/mol. The number of benzene rings is 3. The smallest absolute Gasteiger partial charge is 0.264 e. The van der Waals surface area contributed by atoms with Crippen molar-refractivity contribution in [2.24, 2.45) is 5.10 Å². The Hall–Kier alpha value is -4.97. The van der Waals surface area contributed by atoms with Crippen molar-refractivity contribution in [3.63, 3.8) is 0 Å². The van der Waals surface area contributed by atoms with Gasteiger partial charge in [-0.1, -0.05) is 0 Å². The van der Waals surface area contributed by atoms with E-state index in [4.69, 9.17) is 18.9 Å². The quantitative estimate of drug-likeness (QED) is 0.187. The summed E-state index contributed by atoms with van der Waals surface area (Å²) in [4.78, 5) is 13.0. The number of carbonyl (C=O) groups is 1. The van der Waals surface area contributed by atoms with Crippen LogP contribution in [0.2, 0.25) is 0 Å². The Labute approximate surface area is 251 Å². The van der Waals surface area contributed by atoms with Gasteiger partial charge in [-0.05, 0) is 80.6 Å². The molecule has 0 bridgehead atoms. The van der Waals surface area contributed by atoms with Crippen LogP contribution in [0.25, 0.3) is 5.69 Å². The first kappa shape index (κ1) is 31.0. The van der Waals surface area contributed by atoms with E-state index >= 15 is 0 Å². The molecular formula is C31H34N4O7S. The first-order valence-corrected chi connectivity index (χ1v) is 14.6. The van der Waals surface area contributed by atoms with E-state index in [1.165, 1.54) is 45.7 Å². The topological polar surface area (TPSA) is 121 Å². The van der Waals surface area contributed by atoms with Gasteiger partial charge in [0.25, 0.3) is 15.9 Å². The molecule has 0 radical (unpaired) electrons. The summed E-state index contributed by atoms with van der Waals surface area (Å²) in [5.41, 5.74) is 6.35. The van der Waals surface area contributed by atoms with Crippen molar-refractivity contribution in [1.29, 1.82) is 0 Å². The second-order valence-electron chi connectivity index (χ2n) is 9.38. The van der Waals surface area contributed by atoms with Crippen LogP contribution in [0.5, 0.6) is 23.0 Å². The number of hydrazone groups is 1. The van der Waals surface area contributed by atoms with Crippen LogP contribution in [0, 0.1) is 13.8 Å². The van der Waals surface area contributed by atoms with Crippen LogP contribution < -0.4 is 28.7 Å². The van der Waals surface area contributed by atoms with Crippen molar-refractivity contribution in [3.8, 4) is 28.7 Å². The van der Waals surface area contributed by atoms with Gasteiger partial charge in [0.05, 0.1) is 45.2 Å². The van der Waals surface area contributed by atoms with Gasteiger partial charge in [-0.3, -0.25) is 9.10 Å². The zero-order valence-electron chi connectivity index (χ0n) is 24.8. The van der Waals surface area contributed by atoms with Crippen molar-refractivity contribution in [1.82, 2.24) is 9.99 Å². The first-order valence-electron chi connectivity index (χ1n) is 13.2. The van der Waals surface area contributed by atoms with Gasteiger partial charge in [0, 0.05) is 28.7 Å². The summed E-state index contributed by atoms with van der Waals surface area (Å²) in [5, 5.41) is 4.12. The van der Waals surface area contributed by atoms with Crippen molar-refractivity contribution in [2.45, 2.75) is 18.7 Å². The Bertz CT molecular complexity index is 1710. The fraction of sp³-hybridized carbons (Fsp3) is 0.226. The second kappa shape index (κ2) is 13.3. The Kier molecular flexibility index (Phi) is 9.61.